The van der Waals surface area contributed by atoms with Crippen LogP contribution in [0.4, 0.5) is 26.3 Å². The summed E-state index contributed by atoms with van der Waals surface area (Å²) in [4.78, 5) is 24.5. The summed E-state index contributed by atoms with van der Waals surface area (Å²) in [5.74, 6) is -0.373. The van der Waals surface area contributed by atoms with Gasteiger partial charge in [0.1, 0.15) is 11.5 Å². The van der Waals surface area contributed by atoms with Crippen LogP contribution in [0.2, 0.25) is 0 Å². The van der Waals surface area contributed by atoms with Crippen molar-refractivity contribution in [2.75, 3.05) is 40.4 Å². The van der Waals surface area contributed by atoms with Crippen LogP contribution in [0.15, 0.2) is 36.4 Å². The Kier molecular flexibility index (Phi) is 10.1. The van der Waals surface area contributed by atoms with Crippen molar-refractivity contribution >= 4 is 11.8 Å². The molecule has 0 N–H and O–H groups in total. The van der Waals surface area contributed by atoms with E-state index in [0.29, 0.717) is 49.4 Å². The van der Waals surface area contributed by atoms with Crippen molar-refractivity contribution in [3.8, 4) is 11.5 Å². The van der Waals surface area contributed by atoms with Gasteiger partial charge in [-0.05, 0) is 122 Å². The van der Waals surface area contributed by atoms with Crippen molar-refractivity contribution in [1.82, 2.24) is 9.80 Å². The maximum atomic E-state index is 12.5. The first-order chi connectivity index (χ1) is 21.8. The molecular weight excluding hydrogens is 614 g/mol. The van der Waals surface area contributed by atoms with E-state index >= 15 is 0 Å². The quantitative estimate of drug-likeness (QED) is 0.332. The van der Waals surface area contributed by atoms with Gasteiger partial charge in [0.15, 0.2) is 0 Å². The molecule has 2 aliphatic carbocycles. The molecule has 6 rings (SSSR count). The first-order valence-corrected chi connectivity index (χ1v) is 15.9. The van der Waals surface area contributed by atoms with Crippen molar-refractivity contribution in [2.45, 2.75) is 75.6 Å². The number of benzene rings is 2. The topological polar surface area (TPSA) is 59.1 Å². The lowest BCUT2D eigenvalue weighted by atomic mass is 9.81. The van der Waals surface area contributed by atoms with Crippen LogP contribution >= 0.6 is 0 Å². The molecule has 2 aliphatic heterocycles. The molecule has 0 bridgehead atoms. The molecule has 46 heavy (non-hydrogen) atoms. The zero-order valence-electron chi connectivity index (χ0n) is 26.1. The third kappa shape index (κ3) is 7.41. The second-order valence-electron chi connectivity index (χ2n) is 12.7. The first-order valence-electron chi connectivity index (χ1n) is 15.9. The predicted octanol–water partition coefficient (Wildman–Crippen LogP) is 7.05. The number of carbonyl (C=O) groups is 2. The number of ether oxygens (including phenoxy) is 2. The van der Waals surface area contributed by atoms with E-state index in [9.17, 15) is 35.9 Å². The van der Waals surface area contributed by atoms with Crippen LogP contribution in [0.25, 0.3) is 0 Å². The van der Waals surface area contributed by atoms with Gasteiger partial charge in [0.25, 0.3) is 0 Å². The summed E-state index contributed by atoms with van der Waals surface area (Å²) in [6.07, 6.45) is -2.95. The number of likely N-dealkylation sites (tertiary alicyclic amines) is 2. The number of hydrogen-bond donors (Lipinski definition) is 0. The largest absolute Gasteiger partial charge is 0.497 e. The van der Waals surface area contributed by atoms with Gasteiger partial charge in [-0.2, -0.15) is 26.3 Å². The number of methoxy groups -OCH3 is 2. The molecule has 12 heteroatoms. The number of alkyl halides is 6. The van der Waals surface area contributed by atoms with E-state index in [0.717, 1.165) is 47.0 Å². The second kappa shape index (κ2) is 13.7. The van der Waals surface area contributed by atoms with E-state index in [1.54, 1.807) is 14.2 Å². The highest BCUT2D eigenvalue weighted by atomic mass is 19.4. The summed E-state index contributed by atoms with van der Waals surface area (Å²) in [5, 5.41) is 0. The summed E-state index contributed by atoms with van der Waals surface area (Å²) in [6.45, 7) is 0.773. The monoisotopic (exact) mass is 654 g/mol. The van der Waals surface area contributed by atoms with Crippen LogP contribution in [0.5, 0.6) is 11.5 Å². The fraction of sp³-hybridized carbons (Fsp3) is 0.588. The van der Waals surface area contributed by atoms with Gasteiger partial charge in [-0.1, -0.05) is 12.1 Å². The molecule has 2 aromatic carbocycles. The van der Waals surface area contributed by atoms with Crippen LogP contribution in [0.3, 0.4) is 0 Å². The maximum Gasteiger partial charge on any atom is 0.471 e. The molecule has 0 saturated carbocycles. The van der Waals surface area contributed by atoms with Crippen molar-refractivity contribution in [3.05, 3.63) is 58.7 Å². The maximum absolute atomic E-state index is 12.5. The minimum Gasteiger partial charge on any atom is -0.497 e. The second-order valence-corrected chi connectivity index (χ2v) is 12.7. The fourth-order valence-corrected chi connectivity index (χ4v) is 7.83. The molecule has 2 aromatic rings. The zero-order chi connectivity index (χ0) is 33.2. The number of hydrogen-bond acceptors (Lipinski definition) is 4. The normalized spacial score (nSPS) is 22.1. The van der Waals surface area contributed by atoms with Crippen LogP contribution in [0.1, 0.15) is 72.6 Å². The highest BCUT2D eigenvalue weighted by Gasteiger charge is 2.45. The number of piperidine rings is 2. The molecule has 2 heterocycles. The smallest absolute Gasteiger partial charge is 0.471 e. The summed E-state index contributed by atoms with van der Waals surface area (Å²) >= 11 is 0. The molecule has 4 aliphatic rings. The summed E-state index contributed by atoms with van der Waals surface area (Å²) < 4.78 is 85.6. The van der Waals surface area contributed by atoms with E-state index in [-0.39, 0.29) is 26.2 Å². The Morgan fingerprint density at radius 1 is 0.609 bits per heavy atom. The minimum atomic E-state index is -4.76. The zero-order valence-corrected chi connectivity index (χ0v) is 26.1. The van der Waals surface area contributed by atoms with E-state index in [1.807, 2.05) is 12.1 Å². The molecule has 6 nitrogen and oxygen atoms in total. The minimum absolute atomic E-state index is 0.193. The van der Waals surface area contributed by atoms with Gasteiger partial charge in [0.05, 0.1) is 14.2 Å². The summed E-state index contributed by atoms with van der Waals surface area (Å²) in [7, 11) is 3.26. The Morgan fingerprint density at radius 3 is 1.26 bits per heavy atom. The van der Waals surface area contributed by atoms with Crippen LogP contribution in [-0.4, -0.2) is 74.4 Å². The Labute approximate surface area is 265 Å². The summed E-state index contributed by atoms with van der Waals surface area (Å²) in [6, 6.07) is 12.2. The number of fused-ring (bicyclic) bond motifs is 2. The van der Waals surface area contributed by atoms with E-state index < -0.39 is 24.2 Å². The van der Waals surface area contributed by atoms with Crippen LogP contribution in [0, 0.1) is 11.8 Å². The lowest BCUT2D eigenvalue weighted by Gasteiger charge is -2.35. The Balaban J connectivity index is 0.000000181. The standard InChI is InChI=1S/2C17H20F3NO2/c2*1-23-13-4-2-11-3-5-14(15(11)10-13)12-6-8-21(9-7-12)16(22)17(18,19)20/h2*2,4,10,12,14H,3,5-9H2,1H3. The lowest BCUT2D eigenvalue weighted by molar-refractivity contribution is -0.186. The number of aryl methyl sites for hydroxylation is 2. The van der Waals surface area contributed by atoms with E-state index in [1.165, 1.54) is 22.3 Å². The number of halogens is 6. The van der Waals surface area contributed by atoms with E-state index in [4.69, 9.17) is 9.47 Å². The Hall–Kier alpha value is -3.44. The highest BCUT2D eigenvalue weighted by molar-refractivity contribution is 5.82. The van der Waals surface area contributed by atoms with Gasteiger partial charge in [0, 0.05) is 26.2 Å². The summed E-state index contributed by atoms with van der Waals surface area (Å²) in [5.41, 5.74) is 5.16. The molecule has 0 spiro atoms. The Bertz CT molecular complexity index is 1290. The predicted molar refractivity (Wildman–Crippen MR) is 159 cm³/mol. The molecule has 0 aromatic heterocycles. The van der Waals surface area contributed by atoms with E-state index in [2.05, 4.69) is 24.3 Å². The molecule has 0 radical (unpaired) electrons. The van der Waals surface area contributed by atoms with Gasteiger partial charge in [-0.3, -0.25) is 9.59 Å². The highest BCUT2D eigenvalue weighted by Crippen LogP contribution is 2.45. The number of carbonyl (C=O) groups excluding carboxylic acids is 2. The average molecular weight is 655 g/mol. The Morgan fingerprint density at radius 2 is 0.957 bits per heavy atom. The molecule has 2 saturated heterocycles. The third-order valence-corrected chi connectivity index (χ3v) is 10.2. The molecule has 252 valence electrons. The van der Waals surface area contributed by atoms with Gasteiger partial charge in [-0.15, -0.1) is 0 Å². The van der Waals surface area contributed by atoms with Crippen molar-refractivity contribution < 1.29 is 45.4 Å². The van der Waals surface area contributed by atoms with Crippen molar-refractivity contribution in [1.29, 1.82) is 0 Å². The number of rotatable bonds is 4. The lowest BCUT2D eigenvalue weighted by Crippen LogP contribution is -2.45. The number of nitrogens with zero attached hydrogens (tertiary/aromatic N) is 2. The number of amides is 2. The molecule has 2 atom stereocenters. The molecule has 2 fully saturated rings. The first kappa shape index (κ1) is 33.9. The van der Waals surface area contributed by atoms with Crippen LogP contribution in [-0.2, 0) is 22.4 Å². The SMILES string of the molecule is COc1ccc2c(c1)C(C1CCN(C(=O)C(F)(F)F)CC1)CC2.COc1ccc2c(c1)C(C1CCN(C(=O)C(F)(F)F)CC1)CC2. The van der Waals surface area contributed by atoms with Gasteiger partial charge in [0.2, 0.25) is 0 Å². The van der Waals surface area contributed by atoms with Crippen molar-refractivity contribution in [3.63, 3.8) is 0 Å². The van der Waals surface area contributed by atoms with Gasteiger partial charge >= 0.3 is 24.2 Å². The third-order valence-electron chi connectivity index (χ3n) is 10.2. The van der Waals surface area contributed by atoms with Gasteiger partial charge < -0.3 is 19.3 Å². The molecule has 2 unspecified atom stereocenters. The van der Waals surface area contributed by atoms with Crippen molar-refractivity contribution in [2.24, 2.45) is 11.8 Å². The average Bonchev–Trinajstić information content (AvgIpc) is 3.67. The molecule has 2 amide bonds. The van der Waals surface area contributed by atoms with Gasteiger partial charge in [-0.25, -0.2) is 0 Å². The molecular formula is C34H40F6N2O4. The van der Waals surface area contributed by atoms with Crippen LogP contribution < -0.4 is 9.47 Å². The fourth-order valence-electron chi connectivity index (χ4n) is 7.83.